The van der Waals surface area contributed by atoms with Gasteiger partial charge in [0.25, 0.3) is 5.56 Å². The van der Waals surface area contributed by atoms with Gasteiger partial charge in [0.05, 0.1) is 11.9 Å². The number of pyridine rings is 1. The predicted molar refractivity (Wildman–Crippen MR) is 71.5 cm³/mol. The Balaban J connectivity index is 2.05. The molecule has 0 atom stereocenters. The fourth-order valence-corrected chi connectivity index (χ4v) is 1.82. The van der Waals surface area contributed by atoms with Gasteiger partial charge < -0.3 is 9.88 Å². The first kappa shape index (κ1) is 12.4. The molecule has 96 valence electrons. The van der Waals surface area contributed by atoms with Gasteiger partial charge in [0.15, 0.2) is 0 Å². The molecule has 1 N–H and O–H groups in total. The summed E-state index contributed by atoms with van der Waals surface area (Å²) in [6.07, 6.45) is 6.61. The minimum absolute atomic E-state index is 0.0452. The van der Waals surface area contributed by atoms with Crippen molar-refractivity contribution in [2.75, 3.05) is 5.32 Å². The van der Waals surface area contributed by atoms with E-state index in [9.17, 15) is 4.79 Å². The number of nitrogens with zero attached hydrogens (tertiary/aromatic N) is 3. The van der Waals surface area contributed by atoms with Gasteiger partial charge in [-0.1, -0.05) is 6.92 Å². The fourth-order valence-electron chi connectivity index (χ4n) is 1.82. The Hall–Kier alpha value is -2.04. The molecule has 0 spiro atoms. The molecule has 0 aliphatic heterocycles. The Kier molecular flexibility index (Phi) is 3.82. The third kappa shape index (κ3) is 3.00. The first-order chi connectivity index (χ1) is 8.69. The number of anilines is 1. The molecular weight excluding hydrogens is 228 g/mol. The van der Waals surface area contributed by atoms with Gasteiger partial charge in [0.1, 0.15) is 0 Å². The highest BCUT2D eigenvalue weighted by molar-refractivity contribution is 5.40. The Morgan fingerprint density at radius 2 is 2.17 bits per heavy atom. The highest BCUT2D eigenvalue weighted by Crippen LogP contribution is 2.06. The van der Waals surface area contributed by atoms with Crippen molar-refractivity contribution in [1.82, 2.24) is 14.3 Å². The predicted octanol–water partition coefficient (Wildman–Crippen LogP) is 1.60. The van der Waals surface area contributed by atoms with Crippen LogP contribution in [-0.4, -0.2) is 14.3 Å². The van der Waals surface area contributed by atoms with E-state index >= 15 is 0 Å². The topological polar surface area (TPSA) is 51.9 Å². The minimum Gasteiger partial charge on any atom is -0.380 e. The Morgan fingerprint density at radius 1 is 1.33 bits per heavy atom. The van der Waals surface area contributed by atoms with Crippen LogP contribution in [0.2, 0.25) is 0 Å². The van der Waals surface area contributed by atoms with E-state index in [4.69, 9.17) is 0 Å². The molecule has 0 aliphatic rings. The van der Waals surface area contributed by atoms with Crippen molar-refractivity contribution >= 4 is 5.69 Å². The number of aryl methyl sites for hydroxylation is 2. The molecule has 0 bridgehead atoms. The summed E-state index contributed by atoms with van der Waals surface area (Å²) in [6.45, 7) is 3.52. The molecule has 0 amide bonds. The maximum absolute atomic E-state index is 11.6. The van der Waals surface area contributed by atoms with Gasteiger partial charge in [-0.2, -0.15) is 5.10 Å². The summed E-state index contributed by atoms with van der Waals surface area (Å²) >= 11 is 0. The van der Waals surface area contributed by atoms with Gasteiger partial charge >= 0.3 is 0 Å². The molecule has 2 rings (SSSR count). The average Bonchev–Trinajstić information content (AvgIpc) is 2.76. The van der Waals surface area contributed by atoms with Gasteiger partial charge in [-0.15, -0.1) is 0 Å². The van der Waals surface area contributed by atoms with Gasteiger partial charge in [0, 0.05) is 44.2 Å². The lowest BCUT2D eigenvalue weighted by Gasteiger charge is -2.08. The fraction of sp³-hybridized carbons (Fsp3) is 0.385. The van der Waals surface area contributed by atoms with E-state index in [1.54, 1.807) is 15.3 Å². The van der Waals surface area contributed by atoms with E-state index in [1.165, 1.54) is 0 Å². The summed E-state index contributed by atoms with van der Waals surface area (Å²) in [5.41, 5.74) is 2.11. The third-order valence-corrected chi connectivity index (χ3v) is 2.70. The molecule has 0 radical (unpaired) electrons. The van der Waals surface area contributed by atoms with Crippen molar-refractivity contribution < 1.29 is 0 Å². The van der Waals surface area contributed by atoms with Crippen molar-refractivity contribution in [3.63, 3.8) is 0 Å². The minimum atomic E-state index is 0.0452. The van der Waals surface area contributed by atoms with E-state index in [1.807, 2.05) is 31.7 Å². The molecule has 0 unspecified atom stereocenters. The second-order valence-electron chi connectivity index (χ2n) is 4.33. The summed E-state index contributed by atoms with van der Waals surface area (Å²) in [7, 11) is 1.89. The Bertz CT molecular complexity index is 570. The van der Waals surface area contributed by atoms with E-state index in [2.05, 4.69) is 17.3 Å². The monoisotopic (exact) mass is 246 g/mol. The summed E-state index contributed by atoms with van der Waals surface area (Å²) in [5.74, 6) is 0. The largest absolute Gasteiger partial charge is 0.380 e. The maximum Gasteiger partial charge on any atom is 0.250 e. The number of rotatable bonds is 5. The van der Waals surface area contributed by atoms with Crippen LogP contribution in [0.4, 0.5) is 5.69 Å². The lowest BCUT2D eigenvalue weighted by molar-refractivity contribution is 0.655. The summed E-state index contributed by atoms with van der Waals surface area (Å²) in [6, 6.07) is 3.41. The molecule has 0 saturated heterocycles. The molecule has 0 aromatic carbocycles. The number of aromatic nitrogens is 3. The van der Waals surface area contributed by atoms with Crippen molar-refractivity contribution in [3.05, 3.63) is 46.6 Å². The van der Waals surface area contributed by atoms with Crippen LogP contribution in [0.3, 0.4) is 0 Å². The first-order valence-corrected chi connectivity index (χ1v) is 6.11. The molecule has 2 aromatic rings. The van der Waals surface area contributed by atoms with Crippen LogP contribution < -0.4 is 10.9 Å². The molecule has 0 saturated carbocycles. The molecule has 18 heavy (non-hydrogen) atoms. The van der Waals surface area contributed by atoms with Crippen LogP contribution in [0.5, 0.6) is 0 Å². The van der Waals surface area contributed by atoms with Gasteiger partial charge in [0.2, 0.25) is 0 Å². The normalized spacial score (nSPS) is 10.6. The first-order valence-electron chi connectivity index (χ1n) is 6.11. The Morgan fingerprint density at radius 3 is 2.83 bits per heavy atom. The lowest BCUT2D eigenvalue weighted by Crippen LogP contribution is -2.18. The van der Waals surface area contributed by atoms with E-state index in [0.29, 0.717) is 6.54 Å². The van der Waals surface area contributed by atoms with Crippen molar-refractivity contribution in [3.8, 4) is 0 Å². The van der Waals surface area contributed by atoms with Crippen molar-refractivity contribution in [2.45, 2.75) is 26.4 Å². The molecule has 5 nitrogen and oxygen atoms in total. The molecule has 2 heterocycles. The zero-order chi connectivity index (χ0) is 13.0. The Labute approximate surface area is 106 Å². The summed E-state index contributed by atoms with van der Waals surface area (Å²) < 4.78 is 3.50. The number of nitrogens with one attached hydrogen (secondary N) is 1. The molecule has 2 aromatic heterocycles. The second-order valence-corrected chi connectivity index (χ2v) is 4.33. The summed E-state index contributed by atoms with van der Waals surface area (Å²) in [4.78, 5) is 11.6. The molecule has 0 fully saturated rings. The smallest absolute Gasteiger partial charge is 0.250 e. The zero-order valence-corrected chi connectivity index (χ0v) is 10.8. The van der Waals surface area contributed by atoms with Crippen molar-refractivity contribution in [2.24, 2.45) is 7.05 Å². The van der Waals surface area contributed by atoms with E-state index in [0.717, 1.165) is 24.2 Å². The van der Waals surface area contributed by atoms with Crippen molar-refractivity contribution in [1.29, 1.82) is 0 Å². The molecule has 0 aliphatic carbocycles. The zero-order valence-electron chi connectivity index (χ0n) is 10.8. The number of hydrogen-bond donors (Lipinski definition) is 1. The number of hydrogen-bond acceptors (Lipinski definition) is 3. The molecule has 5 heteroatoms. The van der Waals surface area contributed by atoms with Crippen LogP contribution in [0.1, 0.15) is 18.9 Å². The SMILES string of the molecule is CCCn1cc(NCc2cnn(C)c2)ccc1=O. The second kappa shape index (κ2) is 5.53. The quantitative estimate of drug-likeness (QED) is 0.872. The third-order valence-electron chi connectivity index (χ3n) is 2.70. The highest BCUT2D eigenvalue weighted by Gasteiger charge is 1.99. The lowest BCUT2D eigenvalue weighted by atomic mass is 10.3. The van der Waals surface area contributed by atoms with E-state index in [-0.39, 0.29) is 5.56 Å². The van der Waals surface area contributed by atoms with Crippen LogP contribution >= 0.6 is 0 Å². The van der Waals surface area contributed by atoms with Crippen LogP contribution in [0, 0.1) is 0 Å². The van der Waals surface area contributed by atoms with Gasteiger partial charge in [-0.3, -0.25) is 9.48 Å². The highest BCUT2D eigenvalue weighted by atomic mass is 16.1. The van der Waals surface area contributed by atoms with Gasteiger partial charge in [-0.05, 0) is 12.5 Å². The van der Waals surface area contributed by atoms with Gasteiger partial charge in [-0.25, -0.2) is 0 Å². The average molecular weight is 246 g/mol. The van der Waals surface area contributed by atoms with Crippen LogP contribution in [-0.2, 0) is 20.1 Å². The van der Waals surface area contributed by atoms with E-state index < -0.39 is 0 Å². The van der Waals surface area contributed by atoms with Crippen LogP contribution in [0.25, 0.3) is 0 Å². The maximum atomic E-state index is 11.6. The standard InChI is InChI=1S/C13H18N4O/c1-3-6-17-10-12(4-5-13(17)18)14-7-11-8-15-16(2)9-11/h4-5,8-10,14H,3,6-7H2,1-2H3. The molecular formula is C13H18N4O. The van der Waals surface area contributed by atoms with Crippen LogP contribution in [0.15, 0.2) is 35.5 Å². The summed E-state index contributed by atoms with van der Waals surface area (Å²) in [5, 5.41) is 7.40.